The molecule has 1 aromatic heterocycles. The van der Waals surface area contributed by atoms with E-state index in [9.17, 15) is 13.6 Å². The Morgan fingerprint density at radius 2 is 1.79 bits per heavy atom. The van der Waals surface area contributed by atoms with Crippen LogP contribution >= 0.6 is 0 Å². The molecule has 1 atom stereocenters. The van der Waals surface area contributed by atoms with Crippen molar-refractivity contribution in [3.05, 3.63) is 106 Å². The lowest BCUT2D eigenvalue weighted by molar-refractivity contribution is 0.0163. The molecule has 0 aliphatic carbocycles. The molecule has 0 spiro atoms. The molecule has 33 heavy (non-hydrogen) atoms. The largest absolute Gasteiger partial charge is 0.392 e. The lowest BCUT2D eigenvalue weighted by Gasteiger charge is -2.27. The quantitative estimate of drug-likeness (QED) is 0.407. The zero-order valence-electron chi connectivity index (χ0n) is 18.7. The zero-order valence-corrected chi connectivity index (χ0v) is 18.7. The Hall–Kier alpha value is -3.32. The lowest BCUT2D eigenvalue weighted by atomic mass is 10.0. The van der Waals surface area contributed by atoms with Crippen molar-refractivity contribution >= 4 is 5.71 Å². The molecule has 1 aliphatic heterocycles. The van der Waals surface area contributed by atoms with Crippen molar-refractivity contribution in [3.63, 3.8) is 0 Å². The Bertz CT molecular complexity index is 1190. The molecule has 4 rings (SSSR count). The molecule has 0 bridgehead atoms. The number of nitrogens with zero attached hydrogens (tertiary/aromatic N) is 3. The molecular weight excluding hydrogens is 424 g/mol. The molecule has 3 aromatic rings. The second kappa shape index (κ2) is 10.1. The standard InChI is InChI=1S/C26H27F2N3O2/c1-18(19-6-4-3-5-7-19)31-17-20(8-11-25(31)32)26(23-10-9-21(27)16-24(23)28)29-33-22-12-14-30(2)15-13-22/h3-11,16-18,22H,12-15H2,1-2H3/b29-26-. The van der Waals surface area contributed by atoms with Crippen LogP contribution in [0.25, 0.3) is 0 Å². The summed E-state index contributed by atoms with van der Waals surface area (Å²) in [6.45, 7) is 3.70. The second-order valence-electron chi connectivity index (χ2n) is 8.42. The van der Waals surface area contributed by atoms with Crippen LogP contribution in [0.5, 0.6) is 0 Å². The average Bonchev–Trinajstić information content (AvgIpc) is 2.82. The van der Waals surface area contributed by atoms with Crippen LogP contribution in [0, 0.1) is 11.6 Å². The molecule has 1 unspecified atom stereocenters. The average molecular weight is 452 g/mol. The summed E-state index contributed by atoms with van der Waals surface area (Å²) in [5, 5.41) is 4.33. The molecule has 1 fully saturated rings. The van der Waals surface area contributed by atoms with Gasteiger partial charge < -0.3 is 14.3 Å². The van der Waals surface area contributed by atoms with Crippen LogP contribution in [-0.4, -0.2) is 41.4 Å². The van der Waals surface area contributed by atoms with Gasteiger partial charge in [-0.3, -0.25) is 4.79 Å². The van der Waals surface area contributed by atoms with E-state index in [1.54, 1.807) is 16.8 Å². The first-order valence-electron chi connectivity index (χ1n) is 11.1. The predicted octanol–water partition coefficient (Wildman–Crippen LogP) is 4.60. The molecule has 7 heteroatoms. The van der Waals surface area contributed by atoms with Gasteiger partial charge in [0, 0.05) is 42.5 Å². The number of hydrogen-bond acceptors (Lipinski definition) is 4. The van der Waals surface area contributed by atoms with Gasteiger partial charge in [-0.25, -0.2) is 8.78 Å². The van der Waals surface area contributed by atoms with Crippen LogP contribution in [0.15, 0.2) is 76.8 Å². The van der Waals surface area contributed by atoms with Crippen LogP contribution in [0.3, 0.4) is 0 Å². The summed E-state index contributed by atoms with van der Waals surface area (Å²) < 4.78 is 29.9. The predicted molar refractivity (Wildman–Crippen MR) is 125 cm³/mol. The van der Waals surface area contributed by atoms with E-state index >= 15 is 0 Å². The smallest absolute Gasteiger partial charge is 0.251 e. The fourth-order valence-corrected chi connectivity index (χ4v) is 3.99. The maximum absolute atomic E-state index is 14.8. The Kier molecular flexibility index (Phi) is 6.99. The van der Waals surface area contributed by atoms with Crippen molar-refractivity contribution in [1.82, 2.24) is 9.47 Å². The van der Waals surface area contributed by atoms with Gasteiger partial charge in [0.2, 0.25) is 0 Å². The van der Waals surface area contributed by atoms with Gasteiger partial charge in [-0.05, 0) is 50.6 Å². The summed E-state index contributed by atoms with van der Waals surface area (Å²) in [5.41, 5.74) is 1.62. The summed E-state index contributed by atoms with van der Waals surface area (Å²) in [4.78, 5) is 20.7. The highest BCUT2D eigenvalue weighted by molar-refractivity contribution is 6.12. The highest BCUT2D eigenvalue weighted by Gasteiger charge is 2.21. The Balaban J connectivity index is 1.74. The topological polar surface area (TPSA) is 46.8 Å². The molecule has 0 saturated carbocycles. The van der Waals surface area contributed by atoms with E-state index in [-0.39, 0.29) is 29.0 Å². The fraction of sp³-hybridized carbons (Fsp3) is 0.308. The molecule has 1 saturated heterocycles. The maximum atomic E-state index is 14.8. The first-order chi connectivity index (χ1) is 15.9. The maximum Gasteiger partial charge on any atom is 0.251 e. The van der Waals surface area contributed by atoms with Gasteiger partial charge in [-0.15, -0.1) is 0 Å². The van der Waals surface area contributed by atoms with Crippen molar-refractivity contribution in [2.75, 3.05) is 20.1 Å². The zero-order chi connectivity index (χ0) is 23.4. The molecule has 0 amide bonds. The van der Waals surface area contributed by atoms with E-state index < -0.39 is 11.6 Å². The number of likely N-dealkylation sites (tertiary alicyclic amines) is 1. The molecule has 5 nitrogen and oxygen atoms in total. The molecule has 172 valence electrons. The van der Waals surface area contributed by atoms with E-state index in [1.165, 1.54) is 18.2 Å². The molecule has 2 aromatic carbocycles. The number of oxime groups is 1. The molecule has 2 heterocycles. The molecule has 0 radical (unpaired) electrons. The van der Waals surface area contributed by atoms with Crippen molar-refractivity contribution in [1.29, 1.82) is 0 Å². The van der Waals surface area contributed by atoms with Crippen LogP contribution in [0.1, 0.15) is 42.5 Å². The highest BCUT2D eigenvalue weighted by atomic mass is 19.1. The number of pyridine rings is 1. The monoisotopic (exact) mass is 451 g/mol. The van der Waals surface area contributed by atoms with Crippen LogP contribution in [0.4, 0.5) is 8.78 Å². The van der Waals surface area contributed by atoms with E-state index in [2.05, 4.69) is 17.1 Å². The third-order valence-electron chi connectivity index (χ3n) is 6.06. The number of benzene rings is 2. The minimum Gasteiger partial charge on any atom is -0.392 e. The van der Waals surface area contributed by atoms with Gasteiger partial charge in [0.15, 0.2) is 0 Å². The summed E-state index contributed by atoms with van der Waals surface area (Å²) in [6.07, 6.45) is 3.18. The van der Waals surface area contributed by atoms with Gasteiger partial charge in [-0.1, -0.05) is 35.5 Å². The number of aromatic nitrogens is 1. The summed E-state index contributed by atoms with van der Waals surface area (Å²) in [5.74, 6) is -1.41. The van der Waals surface area contributed by atoms with Crippen molar-refractivity contribution in [2.45, 2.75) is 31.9 Å². The third kappa shape index (κ3) is 5.37. The van der Waals surface area contributed by atoms with Gasteiger partial charge in [0.1, 0.15) is 23.5 Å². The van der Waals surface area contributed by atoms with E-state index in [0.29, 0.717) is 5.56 Å². The van der Waals surface area contributed by atoms with Gasteiger partial charge in [-0.2, -0.15) is 0 Å². The second-order valence-corrected chi connectivity index (χ2v) is 8.42. The van der Waals surface area contributed by atoms with Crippen LogP contribution in [-0.2, 0) is 4.84 Å². The van der Waals surface area contributed by atoms with Gasteiger partial charge in [0.05, 0.1) is 6.04 Å². The highest BCUT2D eigenvalue weighted by Crippen LogP contribution is 2.21. The number of hydrogen-bond donors (Lipinski definition) is 0. The summed E-state index contributed by atoms with van der Waals surface area (Å²) in [7, 11) is 2.05. The van der Waals surface area contributed by atoms with Crippen molar-refractivity contribution in [2.24, 2.45) is 5.16 Å². The van der Waals surface area contributed by atoms with Gasteiger partial charge >= 0.3 is 0 Å². The summed E-state index contributed by atoms with van der Waals surface area (Å²) >= 11 is 0. The minimum absolute atomic E-state index is 0.0890. The van der Waals surface area contributed by atoms with E-state index in [4.69, 9.17) is 4.84 Å². The van der Waals surface area contributed by atoms with Crippen LogP contribution < -0.4 is 5.56 Å². The fourth-order valence-electron chi connectivity index (χ4n) is 3.99. The number of halogens is 2. The van der Waals surface area contributed by atoms with Crippen LogP contribution in [0.2, 0.25) is 0 Å². The molecule has 1 aliphatic rings. The Morgan fingerprint density at radius 3 is 2.48 bits per heavy atom. The van der Waals surface area contributed by atoms with Crippen molar-refractivity contribution < 1.29 is 13.6 Å². The first kappa shape index (κ1) is 22.9. The first-order valence-corrected chi connectivity index (χ1v) is 11.1. The Labute approximate surface area is 191 Å². The number of piperidine rings is 1. The van der Waals surface area contributed by atoms with E-state index in [0.717, 1.165) is 37.6 Å². The molecule has 0 N–H and O–H groups in total. The van der Waals surface area contributed by atoms with Gasteiger partial charge in [0.25, 0.3) is 5.56 Å². The summed E-state index contributed by atoms with van der Waals surface area (Å²) in [6, 6.07) is 15.8. The minimum atomic E-state index is -0.741. The third-order valence-corrected chi connectivity index (χ3v) is 6.06. The normalized spacial score (nSPS) is 16.5. The number of rotatable bonds is 6. The van der Waals surface area contributed by atoms with E-state index in [1.807, 2.05) is 37.3 Å². The Morgan fingerprint density at radius 1 is 1.06 bits per heavy atom. The van der Waals surface area contributed by atoms with Crippen molar-refractivity contribution in [3.8, 4) is 0 Å². The molecular formula is C26H27F2N3O2. The SMILES string of the molecule is CC(c1ccccc1)n1cc(/C(=N/OC2CCN(C)CC2)c2ccc(F)cc2F)ccc1=O. The lowest BCUT2D eigenvalue weighted by Crippen LogP contribution is -2.33.